The van der Waals surface area contributed by atoms with E-state index in [1.54, 1.807) is 0 Å². The average molecular weight is 1230 g/mol. The predicted octanol–water partition coefficient (Wildman–Crippen LogP) is 13.2. The molecule has 26 heteroatoms. The summed E-state index contributed by atoms with van der Waals surface area (Å²) in [4.78, 5) is 0. The Morgan fingerprint density at radius 1 is 0.250 bits per heavy atom. The summed E-state index contributed by atoms with van der Waals surface area (Å²) in [5.41, 5.74) is 0. The zero-order valence-corrected chi connectivity index (χ0v) is 64.0. The van der Waals surface area contributed by atoms with Crippen molar-refractivity contribution < 1.29 is 62.1 Å². The first-order valence-electron chi connectivity index (χ1n) is 27.2. The molecule has 0 spiro atoms. The van der Waals surface area contributed by atoms with Crippen LogP contribution in [-0.2, 0) is 51.9 Å². The van der Waals surface area contributed by atoms with E-state index in [1.807, 2.05) is 0 Å². The van der Waals surface area contributed by atoms with E-state index >= 15 is 0 Å². The summed E-state index contributed by atoms with van der Waals surface area (Å²) in [5.74, 6) is 0. The monoisotopic (exact) mass is 1230 g/mol. The Labute approximate surface area is 457 Å². The van der Waals surface area contributed by atoms with Gasteiger partial charge in [-0.05, 0) is 233 Å². The van der Waals surface area contributed by atoms with E-state index in [4.69, 9.17) is 51.9 Å². The van der Waals surface area contributed by atoms with E-state index in [0.29, 0.717) is 52.1 Å². The molecule has 0 amide bonds. The van der Waals surface area contributed by atoms with Crippen molar-refractivity contribution in [3.63, 3.8) is 0 Å². The first-order valence-corrected chi connectivity index (χ1v) is 64.6. The van der Waals surface area contributed by atoms with Gasteiger partial charge in [-0.1, -0.05) is 0 Å². The third-order valence-electron chi connectivity index (χ3n) is 9.98. The molecule has 0 radical (unpaired) electrons. The summed E-state index contributed by atoms with van der Waals surface area (Å²) >= 11 is 0. The van der Waals surface area contributed by atoms with Crippen LogP contribution in [-0.4, -0.2) is 175 Å². The van der Waals surface area contributed by atoms with E-state index < -0.39 is 125 Å². The molecule has 72 heavy (non-hydrogen) atoms. The van der Waals surface area contributed by atoms with Crippen LogP contribution >= 0.6 is 0 Å². The molecule has 0 rings (SSSR count). The van der Waals surface area contributed by atoms with Crippen LogP contribution in [0.1, 0.15) is 25.7 Å². The van der Waals surface area contributed by atoms with Crippen molar-refractivity contribution in [3.05, 3.63) is 0 Å². The molecule has 0 fully saturated rings. The highest BCUT2D eigenvalue weighted by atomic mass is 28.5. The lowest BCUT2D eigenvalue weighted by Gasteiger charge is -2.40. The molecule has 0 aliphatic heterocycles. The summed E-state index contributed by atoms with van der Waals surface area (Å²) in [5, 5.41) is 22.7. The molecule has 0 bridgehead atoms. The van der Waals surface area contributed by atoms with Gasteiger partial charge >= 0.3 is 34.2 Å². The third kappa shape index (κ3) is 37.8. The molecule has 0 unspecified atom stereocenters. The summed E-state index contributed by atoms with van der Waals surface area (Å²) in [6, 6.07) is 3.02. The smallest absolute Gasteiger partial charge is 0.314 e. The van der Waals surface area contributed by atoms with Crippen molar-refractivity contribution in [2.24, 2.45) is 0 Å². The lowest BCUT2D eigenvalue weighted by atomic mass is 10.0. The maximum absolute atomic E-state index is 11.3. The summed E-state index contributed by atoms with van der Waals surface area (Å²) in [6.45, 7) is 62.8. The first-order chi connectivity index (χ1) is 31.9. The Balaban J connectivity index is 7.31. The molecule has 0 aliphatic carbocycles. The average Bonchev–Trinajstić information content (AvgIpc) is 3.06. The second-order valence-corrected chi connectivity index (χ2v) is 79.9. The standard InChI is InChI=1S/C46H118O14Si12/c1-61(2,3)53-69(25,54-62(4,5)6)37-29-33-49-43(41-47)45(51-35-31-39-71(27,57-65(13,14)15)58-66(16,17)18)46(52-36-32-40-72(28,59-67(19,20)21)60-68(22,23)24)44(42-48)50-34-30-38-70(26,55-63(7,8)9)56-64(10,11)12/h43-48H,29-42H2,1-28H3/t43-,44+,45+,46-. The zero-order valence-electron chi connectivity index (χ0n) is 52.0. The summed E-state index contributed by atoms with van der Waals surface area (Å²) < 4.78 is 82.2. The minimum absolute atomic E-state index is 0.316. The third-order valence-corrected chi connectivity index (χ3v) is 48.4. The number of hydrogen-bond acceptors (Lipinski definition) is 14. The normalized spacial score (nSPS) is 16.6. The van der Waals surface area contributed by atoms with Gasteiger partial charge in [0.1, 0.15) is 24.4 Å². The Kier molecular flexibility index (Phi) is 31.1. The maximum Gasteiger partial charge on any atom is 0.314 e. The fraction of sp³-hybridized carbons (Fsp3) is 1.00. The van der Waals surface area contributed by atoms with Crippen LogP contribution in [0.3, 0.4) is 0 Å². The van der Waals surface area contributed by atoms with Gasteiger partial charge in [-0.25, -0.2) is 0 Å². The molecule has 0 aromatic carbocycles. The van der Waals surface area contributed by atoms with Crippen molar-refractivity contribution in [3.8, 4) is 0 Å². The lowest BCUT2D eigenvalue weighted by Crippen LogP contribution is -2.54. The van der Waals surface area contributed by atoms with E-state index in [-0.39, 0.29) is 13.2 Å². The molecule has 0 aromatic rings. The SMILES string of the molecule is C[Si](C)(C)O[Si](C)(CCCO[C@H]([C@H](OCCC[Si](C)(O[Si](C)(C)C)O[Si](C)(C)C)[C@H](CO)OCCC[Si](C)(O[Si](C)(C)C)O[Si](C)(C)C)[C@@H](CO)OCCC[Si](C)(O[Si](C)(C)C)O[Si](C)(C)C)O[Si](C)(C)C. The molecule has 14 nitrogen and oxygen atoms in total. The predicted molar refractivity (Wildman–Crippen MR) is 333 cm³/mol. The van der Waals surface area contributed by atoms with Gasteiger partial charge in [0.2, 0.25) is 0 Å². The van der Waals surface area contributed by atoms with Crippen molar-refractivity contribution >= 4 is 101 Å². The second-order valence-electron chi connectivity index (χ2n) is 28.5. The first kappa shape index (κ1) is 74.0. The van der Waals surface area contributed by atoms with Crippen molar-refractivity contribution in [2.75, 3.05) is 39.6 Å². The van der Waals surface area contributed by atoms with Crippen LogP contribution in [0.4, 0.5) is 0 Å². The highest BCUT2D eigenvalue weighted by molar-refractivity contribution is 6.90. The largest absolute Gasteiger partial charge is 0.437 e. The van der Waals surface area contributed by atoms with Crippen LogP contribution in [0, 0.1) is 0 Å². The number of rotatable bonds is 41. The van der Waals surface area contributed by atoms with Crippen molar-refractivity contribution in [1.29, 1.82) is 0 Å². The Hall–Kier alpha value is 2.04. The number of aliphatic hydroxyl groups excluding tert-OH is 2. The van der Waals surface area contributed by atoms with Crippen LogP contribution in [0.5, 0.6) is 0 Å². The Morgan fingerprint density at radius 3 is 0.542 bits per heavy atom. The molecule has 0 saturated carbocycles. The van der Waals surface area contributed by atoms with Crippen LogP contribution < -0.4 is 0 Å². The Bertz CT molecular complexity index is 1330. The quantitative estimate of drug-likeness (QED) is 0.0441. The molecule has 4 atom stereocenters. The lowest BCUT2D eigenvalue weighted by molar-refractivity contribution is -0.191. The zero-order chi connectivity index (χ0) is 56.7. The minimum atomic E-state index is -2.58. The molecule has 0 heterocycles. The second kappa shape index (κ2) is 30.2. The van der Waals surface area contributed by atoms with Crippen LogP contribution in [0.25, 0.3) is 0 Å². The number of ether oxygens (including phenoxy) is 4. The molecule has 2 N–H and O–H groups in total. The molecule has 434 valence electrons. The molecular weight excluding hydrogens is 1110 g/mol. The minimum Gasteiger partial charge on any atom is -0.437 e. The molecular formula is C46H118O14Si12. The number of hydrogen-bond donors (Lipinski definition) is 2. The molecule has 0 aromatic heterocycles. The van der Waals surface area contributed by atoms with Gasteiger partial charge in [0.05, 0.1) is 13.2 Å². The fourth-order valence-corrected chi connectivity index (χ4v) is 59.5. The topological polar surface area (TPSA) is 151 Å². The Morgan fingerprint density at radius 2 is 0.403 bits per heavy atom. The summed E-state index contributed by atoms with van der Waals surface area (Å²) in [7, 11) is -25.7. The van der Waals surface area contributed by atoms with Crippen LogP contribution in [0.15, 0.2) is 0 Å². The highest BCUT2D eigenvalue weighted by Gasteiger charge is 2.45. The summed E-state index contributed by atoms with van der Waals surface area (Å²) in [6.07, 6.45) is -0.407. The van der Waals surface area contributed by atoms with Crippen LogP contribution in [0.2, 0.25) is 207 Å². The molecule has 0 saturated heterocycles. The van der Waals surface area contributed by atoms with E-state index in [1.165, 1.54) is 0 Å². The van der Waals surface area contributed by atoms with Crippen molar-refractivity contribution in [1.82, 2.24) is 0 Å². The van der Waals surface area contributed by atoms with Crippen molar-refractivity contribution in [2.45, 2.75) is 258 Å². The fourth-order valence-electron chi connectivity index (χ4n) is 9.48. The van der Waals surface area contributed by atoms with E-state index in [2.05, 4.69) is 183 Å². The van der Waals surface area contributed by atoms with E-state index in [9.17, 15) is 10.2 Å². The van der Waals surface area contributed by atoms with Gasteiger partial charge in [-0.2, -0.15) is 0 Å². The number of aliphatic hydroxyl groups is 2. The van der Waals surface area contributed by atoms with Gasteiger partial charge in [0, 0.05) is 26.4 Å². The highest BCUT2D eigenvalue weighted by Crippen LogP contribution is 2.31. The van der Waals surface area contributed by atoms with Gasteiger partial charge in [0.25, 0.3) is 0 Å². The van der Waals surface area contributed by atoms with Gasteiger partial charge < -0.3 is 62.1 Å². The van der Waals surface area contributed by atoms with Gasteiger partial charge in [-0.15, -0.1) is 0 Å². The van der Waals surface area contributed by atoms with E-state index in [0.717, 1.165) is 24.2 Å². The molecule has 0 aliphatic rings. The van der Waals surface area contributed by atoms with Gasteiger partial charge in [0.15, 0.2) is 66.5 Å². The maximum atomic E-state index is 11.3. The van der Waals surface area contributed by atoms with Gasteiger partial charge in [-0.3, -0.25) is 0 Å².